The fourth-order valence-electron chi connectivity index (χ4n) is 2.05. The van der Waals surface area contributed by atoms with Crippen molar-refractivity contribution in [3.8, 4) is 0 Å². The first kappa shape index (κ1) is 12.5. The van der Waals surface area contributed by atoms with Crippen LogP contribution in [-0.2, 0) is 21.4 Å². The molecule has 0 saturated carbocycles. The second-order valence-corrected chi connectivity index (χ2v) is 6.74. The van der Waals surface area contributed by atoms with E-state index < -0.39 is 10.0 Å². The molecule has 1 aliphatic rings. The Hall–Kier alpha value is -0.920. The molecule has 1 aromatic rings. The van der Waals surface area contributed by atoms with Gasteiger partial charge in [-0.1, -0.05) is 0 Å². The van der Waals surface area contributed by atoms with Gasteiger partial charge in [0.25, 0.3) is 0 Å². The fourth-order valence-corrected chi connectivity index (χ4v) is 3.59. The third-order valence-electron chi connectivity index (χ3n) is 2.72. The third-order valence-corrected chi connectivity index (χ3v) is 4.38. The molecular formula is C10H14N2O3S2. The van der Waals surface area contributed by atoms with Crippen LogP contribution in [0.25, 0.3) is 0 Å². The van der Waals surface area contributed by atoms with Crippen molar-refractivity contribution in [2.45, 2.75) is 13.0 Å². The summed E-state index contributed by atoms with van der Waals surface area (Å²) in [6, 6.07) is 1.96. The van der Waals surface area contributed by atoms with Gasteiger partial charge in [0.2, 0.25) is 15.9 Å². The molecule has 1 aromatic heterocycles. The zero-order valence-corrected chi connectivity index (χ0v) is 10.8. The Morgan fingerprint density at radius 3 is 2.88 bits per heavy atom. The average molecular weight is 274 g/mol. The Bertz CT molecular complexity index is 496. The molecule has 0 spiro atoms. The van der Waals surface area contributed by atoms with Crippen LogP contribution in [0, 0.1) is 5.92 Å². The highest BCUT2D eigenvalue weighted by Gasteiger charge is 2.31. The van der Waals surface area contributed by atoms with Crippen LogP contribution < -0.4 is 5.14 Å². The molecule has 1 aliphatic heterocycles. The van der Waals surface area contributed by atoms with E-state index in [4.69, 9.17) is 5.14 Å². The molecule has 1 fully saturated rings. The highest BCUT2D eigenvalue weighted by Crippen LogP contribution is 2.21. The summed E-state index contributed by atoms with van der Waals surface area (Å²) in [7, 11) is -3.49. The molecule has 2 N–H and O–H groups in total. The topological polar surface area (TPSA) is 80.5 Å². The average Bonchev–Trinajstić information content (AvgIpc) is 2.75. The minimum atomic E-state index is -3.49. The molecule has 1 amide bonds. The number of carbonyl (C=O) groups is 1. The third kappa shape index (κ3) is 3.52. The van der Waals surface area contributed by atoms with Crippen LogP contribution >= 0.6 is 11.3 Å². The monoisotopic (exact) mass is 274 g/mol. The van der Waals surface area contributed by atoms with E-state index in [9.17, 15) is 13.2 Å². The molecule has 1 unspecified atom stereocenters. The predicted molar refractivity (Wildman–Crippen MR) is 65.8 cm³/mol. The molecule has 1 atom stereocenters. The first-order valence-electron chi connectivity index (χ1n) is 5.23. The van der Waals surface area contributed by atoms with E-state index in [0.717, 1.165) is 5.56 Å². The van der Waals surface area contributed by atoms with E-state index in [1.807, 2.05) is 16.8 Å². The summed E-state index contributed by atoms with van der Waals surface area (Å²) < 4.78 is 21.9. The van der Waals surface area contributed by atoms with Gasteiger partial charge in [-0.05, 0) is 22.4 Å². The quantitative estimate of drug-likeness (QED) is 0.862. The van der Waals surface area contributed by atoms with Gasteiger partial charge in [0.15, 0.2) is 0 Å². The van der Waals surface area contributed by atoms with Gasteiger partial charge in [-0.3, -0.25) is 4.79 Å². The number of sulfonamides is 1. The summed E-state index contributed by atoms with van der Waals surface area (Å²) in [5, 5.41) is 8.93. The number of nitrogens with two attached hydrogens (primary N) is 1. The maximum absolute atomic E-state index is 11.7. The Kier molecular flexibility index (Phi) is 3.50. The van der Waals surface area contributed by atoms with Crippen molar-refractivity contribution in [3.63, 3.8) is 0 Å². The second kappa shape index (κ2) is 4.75. The number of hydrogen-bond donors (Lipinski definition) is 1. The normalized spacial score (nSPS) is 21.1. The van der Waals surface area contributed by atoms with Crippen molar-refractivity contribution in [3.05, 3.63) is 22.4 Å². The number of rotatable bonds is 4. The van der Waals surface area contributed by atoms with Gasteiger partial charge in [-0.25, -0.2) is 13.6 Å². The highest BCUT2D eigenvalue weighted by atomic mass is 32.2. The maximum Gasteiger partial charge on any atom is 0.223 e. The zero-order valence-electron chi connectivity index (χ0n) is 9.20. The highest BCUT2D eigenvalue weighted by molar-refractivity contribution is 7.89. The lowest BCUT2D eigenvalue weighted by Crippen LogP contribution is -2.27. The van der Waals surface area contributed by atoms with E-state index in [1.54, 1.807) is 16.2 Å². The summed E-state index contributed by atoms with van der Waals surface area (Å²) in [5.41, 5.74) is 1.08. The number of nitrogens with zero attached hydrogens (tertiary/aromatic N) is 1. The number of thiophene rings is 1. The number of primary sulfonamides is 1. The van der Waals surface area contributed by atoms with Crippen molar-refractivity contribution in [2.75, 3.05) is 12.3 Å². The summed E-state index contributed by atoms with van der Waals surface area (Å²) in [4.78, 5) is 13.4. The Labute approximate surface area is 104 Å². The van der Waals surface area contributed by atoms with Gasteiger partial charge in [0.05, 0.1) is 5.75 Å². The summed E-state index contributed by atoms with van der Waals surface area (Å²) in [6.45, 7) is 1.04. The van der Waals surface area contributed by atoms with Crippen molar-refractivity contribution in [1.29, 1.82) is 0 Å². The number of hydrogen-bond acceptors (Lipinski definition) is 4. The lowest BCUT2D eigenvalue weighted by atomic mass is 10.1. The van der Waals surface area contributed by atoms with Crippen LogP contribution in [0.4, 0.5) is 0 Å². The number of carbonyl (C=O) groups excluding carboxylic acids is 1. The lowest BCUT2D eigenvalue weighted by Gasteiger charge is -2.15. The summed E-state index contributed by atoms with van der Waals surface area (Å²) in [6.07, 6.45) is 0.278. The van der Waals surface area contributed by atoms with Crippen molar-refractivity contribution in [1.82, 2.24) is 4.90 Å². The molecule has 2 rings (SSSR count). The Morgan fingerprint density at radius 2 is 2.29 bits per heavy atom. The van der Waals surface area contributed by atoms with Crippen LogP contribution in [0.3, 0.4) is 0 Å². The van der Waals surface area contributed by atoms with Crippen LogP contribution in [-0.4, -0.2) is 31.5 Å². The van der Waals surface area contributed by atoms with E-state index in [-0.39, 0.29) is 24.0 Å². The molecular weight excluding hydrogens is 260 g/mol. The van der Waals surface area contributed by atoms with E-state index in [1.165, 1.54) is 0 Å². The molecule has 0 radical (unpaired) electrons. The van der Waals surface area contributed by atoms with Crippen molar-refractivity contribution >= 4 is 27.3 Å². The smallest absolute Gasteiger partial charge is 0.223 e. The standard InChI is InChI=1S/C10H14N2O3S2/c11-17(14,15)7-9-3-10(13)12(5-9)4-8-1-2-16-6-8/h1-2,6,9H,3-5,7H2,(H2,11,14,15). The minimum Gasteiger partial charge on any atom is -0.338 e. The molecule has 0 bridgehead atoms. The van der Waals surface area contributed by atoms with Crippen LogP contribution in [0.5, 0.6) is 0 Å². The van der Waals surface area contributed by atoms with Gasteiger partial charge in [-0.15, -0.1) is 0 Å². The minimum absolute atomic E-state index is 0.00449. The number of likely N-dealkylation sites (tertiary alicyclic amines) is 1. The van der Waals surface area contributed by atoms with Gasteiger partial charge in [0.1, 0.15) is 0 Å². The molecule has 7 heteroatoms. The van der Waals surface area contributed by atoms with E-state index in [0.29, 0.717) is 13.1 Å². The molecule has 94 valence electrons. The van der Waals surface area contributed by atoms with E-state index in [2.05, 4.69) is 0 Å². The molecule has 0 aliphatic carbocycles. The van der Waals surface area contributed by atoms with Gasteiger partial charge >= 0.3 is 0 Å². The summed E-state index contributed by atoms with van der Waals surface area (Å²) >= 11 is 1.58. The second-order valence-electron chi connectivity index (χ2n) is 4.31. The molecule has 1 saturated heterocycles. The molecule has 5 nitrogen and oxygen atoms in total. The van der Waals surface area contributed by atoms with Crippen molar-refractivity contribution in [2.24, 2.45) is 11.1 Å². The Balaban J connectivity index is 1.96. The van der Waals surface area contributed by atoms with Gasteiger partial charge in [-0.2, -0.15) is 11.3 Å². The van der Waals surface area contributed by atoms with Crippen LogP contribution in [0.1, 0.15) is 12.0 Å². The summed E-state index contributed by atoms with van der Waals surface area (Å²) in [5.74, 6) is -0.278. The number of amides is 1. The lowest BCUT2D eigenvalue weighted by molar-refractivity contribution is -0.128. The van der Waals surface area contributed by atoms with Crippen LogP contribution in [0.2, 0.25) is 0 Å². The Morgan fingerprint density at radius 1 is 1.53 bits per heavy atom. The molecule has 2 heterocycles. The zero-order chi connectivity index (χ0) is 12.5. The maximum atomic E-state index is 11.7. The SMILES string of the molecule is NS(=O)(=O)CC1CC(=O)N(Cc2ccsc2)C1. The van der Waals surface area contributed by atoms with Gasteiger partial charge < -0.3 is 4.90 Å². The molecule has 17 heavy (non-hydrogen) atoms. The first-order valence-corrected chi connectivity index (χ1v) is 7.89. The fraction of sp³-hybridized carbons (Fsp3) is 0.500. The van der Waals surface area contributed by atoms with E-state index >= 15 is 0 Å². The largest absolute Gasteiger partial charge is 0.338 e. The van der Waals surface area contributed by atoms with Crippen molar-refractivity contribution < 1.29 is 13.2 Å². The predicted octanol–water partition coefficient (Wildman–Crippen LogP) is 0.385. The first-order chi connectivity index (χ1) is 7.94. The molecule has 0 aromatic carbocycles. The van der Waals surface area contributed by atoms with Crippen LogP contribution in [0.15, 0.2) is 16.8 Å². The van der Waals surface area contributed by atoms with Gasteiger partial charge in [0, 0.05) is 25.4 Å².